The molecule has 2 aliphatic carbocycles. The van der Waals surface area contributed by atoms with Crippen molar-refractivity contribution in [3.8, 4) is 0 Å². The first-order valence-corrected chi connectivity index (χ1v) is 13.9. The van der Waals surface area contributed by atoms with E-state index in [1.54, 1.807) is 11.1 Å². The van der Waals surface area contributed by atoms with Gasteiger partial charge in [0.15, 0.2) is 0 Å². The third kappa shape index (κ3) is 3.67. The lowest BCUT2D eigenvalue weighted by Gasteiger charge is -2.20. The molecule has 0 saturated heterocycles. The molecule has 1 heterocycles. The normalized spacial score (nSPS) is 16.1. The molecule has 36 heavy (non-hydrogen) atoms. The van der Waals surface area contributed by atoms with Gasteiger partial charge < -0.3 is 0 Å². The minimum absolute atomic E-state index is 0.420. The van der Waals surface area contributed by atoms with Crippen LogP contribution in [0.15, 0.2) is 109 Å². The molecule has 5 aromatic carbocycles. The number of hydrogen-bond acceptors (Lipinski definition) is 1. The van der Waals surface area contributed by atoms with E-state index in [2.05, 4.69) is 115 Å². The van der Waals surface area contributed by atoms with Gasteiger partial charge in [-0.15, -0.1) is 11.3 Å². The second kappa shape index (κ2) is 9.08. The molecule has 2 aliphatic rings. The standard InChI is InChI=1S/C18H16.C17H12S/c1-3-7-15-13(5-1)9-11-18-16-8-4-2-6-14(16)10-12-17(15)18;1-4-12-6-2-7-15-14(16-8-3-11-18-16)10-9-13(5-1)17(12)15/h1,3,5,7,9-12H,2,4,6,8H2;1-11,14H. The molecule has 0 nitrogen and oxygen atoms in total. The third-order valence-electron chi connectivity index (χ3n) is 7.88. The smallest absolute Gasteiger partial charge is 0.0373 e. The Morgan fingerprint density at radius 1 is 0.611 bits per heavy atom. The number of rotatable bonds is 1. The zero-order valence-electron chi connectivity index (χ0n) is 20.3. The maximum absolute atomic E-state index is 2.35. The Hall–Kier alpha value is -3.68. The zero-order valence-corrected chi connectivity index (χ0v) is 21.1. The summed E-state index contributed by atoms with van der Waals surface area (Å²) in [6, 6.07) is 35.5. The zero-order chi connectivity index (χ0) is 23.9. The molecule has 1 aromatic heterocycles. The Balaban J connectivity index is 0.000000122. The van der Waals surface area contributed by atoms with E-state index in [0.717, 1.165) is 0 Å². The lowest BCUT2D eigenvalue weighted by atomic mass is 9.85. The first kappa shape index (κ1) is 21.6. The Kier molecular flexibility index (Phi) is 5.44. The van der Waals surface area contributed by atoms with Crippen LogP contribution in [0.3, 0.4) is 0 Å². The van der Waals surface area contributed by atoms with Gasteiger partial charge in [0.05, 0.1) is 0 Å². The highest BCUT2D eigenvalue weighted by molar-refractivity contribution is 7.10. The maximum atomic E-state index is 2.35. The summed E-state index contributed by atoms with van der Waals surface area (Å²) >= 11 is 1.84. The van der Waals surface area contributed by atoms with Crippen molar-refractivity contribution >= 4 is 49.7 Å². The van der Waals surface area contributed by atoms with Gasteiger partial charge in [-0.1, -0.05) is 103 Å². The molecule has 0 bridgehead atoms. The lowest BCUT2D eigenvalue weighted by molar-refractivity contribution is 0.690. The topological polar surface area (TPSA) is 0 Å². The largest absolute Gasteiger partial charge is 0.148 e. The summed E-state index contributed by atoms with van der Waals surface area (Å²) in [4.78, 5) is 1.42. The highest BCUT2D eigenvalue weighted by Crippen LogP contribution is 2.39. The molecule has 0 spiro atoms. The Morgan fingerprint density at radius 3 is 2.36 bits per heavy atom. The molecule has 0 N–H and O–H groups in total. The van der Waals surface area contributed by atoms with Crippen molar-refractivity contribution in [1.29, 1.82) is 0 Å². The van der Waals surface area contributed by atoms with Crippen molar-refractivity contribution in [2.75, 3.05) is 0 Å². The molecule has 0 amide bonds. The first-order chi connectivity index (χ1) is 17.9. The molecule has 1 atom stereocenters. The summed E-state index contributed by atoms with van der Waals surface area (Å²) in [6.45, 7) is 0. The lowest BCUT2D eigenvalue weighted by Crippen LogP contribution is -2.02. The molecule has 0 saturated carbocycles. The highest BCUT2D eigenvalue weighted by Gasteiger charge is 2.19. The number of aryl methyl sites for hydroxylation is 2. The number of thiophene rings is 1. The Morgan fingerprint density at radius 2 is 1.44 bits per heavy atom. The van der Waals surface area contributed by atoms with Gasteiger partial charge in [-0.05, 0) is 91.7 Å². The second-order valence-electron chi connectivity index (χ2n) is 9.94. The maximum Gasteiger partial charge on any atom is 0.0373 e. The summed E-state index contributed by atoms with van der Waals surface area (Å²) in [5.41, 5.74) is 5.96. The van der Waals surface area contributed by atoms with E-state index < -0.39 is 0 Å². The van der Waals surface area contributed by atoms with Crippen LogP contribution in [0, 0.1) is 0 Å². The van der Waals surface area contributed by atoms with Crippen LogP contribution in [0.1, 0.15) is 45.9 Å². The van der Waals surface area contributed by atoms with Gasteiger partial charge in [-0.3, -0.25) is 0 Å². The molecule has 0 radical (unpaired) electrons. The number of hydrogen-bond donors (Lipinski definition) is 0. The monoisotopic (exact) mass is 480 g/mol. The van der Waals surface area contributed by atoms with Crippen molar-refractivity contribution in [3.05, 3.63) is 136 Å². The fraction of sp³-hybridized carbons (Fsp3) is 0.143. The highest BCUT2D eigenvalue weighted by atomic mass is 32.1. The van der Waals surface area contributed by atoms with Gasteiger partial charge in [0, 0.05) is 10.8 Å². The molecule has 6 aromatic rings. The van der Waals surface area contributed by atoms with Crippen LogP contribution in [0.25, 0.3) is 38.4 Å². The molecule has 1 unspecified atom stereocenters. The van der Waals surface area contributed by atoms with Gasteiger partial charge in [0.25, 0.3) is 0 Å². The van der Waals surface area contributed by atoms with Gasteiger partial charge >= 0.3 is 0 Å². The van der Waals surface area contributed by atoms with E-state index in [-0.39, 0.29) is 0 Å². The summed E-state index contributed by atoms with van der Waals surface area (Å²) in [6.07, 6.45) is 9.80. The van der Waals surface area contributed by atoms with Crippen molar-refractivity contribution in [2.24, 2.45) is 0 Å². The average molecular weight is 481 g/mol. The van der Waals surface area contributed by atoms with Gasteiger partial charge in [-0.25, -0.2) is 0 Å². The van der Waals surface area contributed by atoms with Crippen LogP contribution in [0.5, 0.6) is 0 Å². The van der Waals surface area contributed by atoms with Crippen LogP contribution in [-0.4, -0.2) is 0 Å². The first-order valence-electron chi connectivity index (χ1n) is 13.0. The van der Waals surface area contributed by atoms with Gasteiger partial charge in [0.1, 0.15) is 0 Å². The van der Waals surface area contributed by atoms with E-state index in [4.69, 9.17) is 0 Å². The Labute approximate surface area is 216 Å². The number of benzene rings is 5. The van der Waals surface area contributed by atoms with Crippen LogP contribution < -0.4 is 0 Å². The minimum Gasteiger partial charge on any atom is -0.148 e. The van der Waals surface area contributed by atoms with Gasteiger partial charge in [-0.2, -0.15) is 0 Å². The predicted molar refractivity (Wildman–Crippen MR) is 157 cm³/mol. The van der Waals surface area contributed by atoms with Crippen molar-refractivity contribution in [3.63, 3.8) is 0 Å². The van der Waals surface area contributed by atoms with Crippen molar-refractivity contribution in [2.45, 2.75) is 31.6 Å². The molecule has 1 heteroatoms. The van der Waals surface area contributed by atoms with Crippen LogP contribution in [0.2, 0.25) is 0 Å². The van der Waals surface area contributed by atoms with Crippen molar-refractivity contribution in [1.82, 2.24) is 0 Å². The molecular weight excluding hydrogens is 452 g/mol. The average Bonchev–Trinajstić information content (AvgIpc) is 3.49. The van der Waals surface area contributed by atoms with E-state index >= 15 is 0 Å². The summed E-state index contributed by atoms with van der Waals surface area (Å²) < 4.78 is 0. The molecule has 0 fully saturated rings. The molecule has 0 aliphatic heterocycles. The third-order valence-corrected chi connectivity index (χ3v) is 8.84. The van der Waals surface area contributed by atoms with Crippen LogP contribution in [-0.2, 0) is 12.8 Å². The summed E-state index contributed by atoms with van der Waals surface area (Å²) in [7, 11) is 0. The number of fused-ring (bicyclic) bond motifs is 5. The predicted octanol–water partition coefficient (Wildman–Crippen LogP) is 9.93. The molecule has 174 valence electrons. The fourth-order valence-electron chi connectivity index (χ4n) is 6.16. The van der Waals surface area contributed by atoms with E-state index in [1.165, 1.54) is 74.0 Å². The quantitative estimate of drug-likeness (QED) is 0.205. The van der Waals surface area contributed by atoms with E-state index in [9.17, 15) is 0 Å². The second-order valence-corrected chi connectivity index (χ2v) is 10.9. The fourth-order valence-corrected chi connectivity index (χ4v) is 6.98. The summed E-state index contributed by atoms with van der Waals surface area (Å²) in [5, 5.41) is 10.6. The van der Waals surface area contributed by atoms with E-state index in [0.29, 0.717) is 5.92 Å². The molecule has 8 rings (SSSR count). The SMILES string of the molecule is C1=CC(c2cccs2)c2cccc3cccc1c23.c1ccc2c(c1)ccc1c3c(ccc12)CCCC3. The molecular formula is C35H28S. The van der Waals surface area contributed by atoms with Crippen LogP contribution in [0.4, 0.5) is 0 Å². The summed E-state index contributed by atoms with van der Waals surface area (Å²) in [5.74, 6) is 0.420. The van der Waals surface area contributed by atoms with Crippen molar-refractivity contribution < 1.29 is 0 Å². The number of allylic oxidation sites excluding steroid dienone is 1. The van der Waals surface area contributed by atoms with Gasteiger partial charge in [0.2, 0.25) is 0 Å². The van der Waals surface area contributed by atoms with E-state index in [1.807, 2.05) is 11.3 Å². The van der Waals surface area contributed by atoms with Crippen LogP contribution >= 0.6 is 11.3 Å². The Bertz CT molecular complexity index is 1730. The minimum atomic E-state index is 0.420.